The quantitative estimate of drug-likeness (QED) is 0.621. The van der Waals surface area contributed by atoms with Crippen LogP contribution in [-0.4, -0.2) is 38.0 Å². The highest BCUT2D eigenvalue weighted by atomic mass is 16.5. The summed E-state index contributed by atoms with van der Waals surface area (Å²) in [7, 11) is 0. The van der Waals surface area contributed by atoms with Gasteiger partial charge in [0.05, 0.1) is 0 Å². The Morgan fingerprint density at radius 2 is 1.94 bits per heavy atom. The van der Waals surface area contributed by atoms with Crippen molar-refractivity contribution in [1.29, 1.82) is 0 Å². The first kappa shape index (κ1) is 14.3. The summed E-state index contributed by atoms with van der Waals surface area (Å²) >= 11 is 0. The van der Waals surface area contributed by atoms with E-state index in [2.05, 4.69) is 5.32 Å². The van der Waals surface area contributed by atoms with Gasteiger partial charge in [0.25, 0.3) is 0 Å². The summed E-state index contributed by atoms with van der Waals surface area (Å²) in [4.78, 5) is 0. The van der Waals surface area contributed by atoms with Crippen LogP contribution in [-0.2, 0) is 4.74 Å². The molecule has 0 aromatic heterocycles. The predicted molar refractivity (Wildman–Crippen MR) is 73.6 cm³/mol. The summed E-state index contributed by atoms with van der Waals surface area (Å²) in [5.41, 5.74) is 0.174. The average Bonchev–Trinajstić information content (AvgIpc) is 3.23. The Hall–Kier alpha value is -0.120. The monoisotopic (exact) mass is 255 g/mol. The van der Waals surface area contributed by atoms with E-state index in [1.807, 2.05) is 0 Å². The molecule has 2 aliphatic rings. The summed E-state index contributed by atoms with van der Waals surface area (Å²) < 4.78 is 5.61. The lowest BCUT2D eigenvalue weighted by atomic mass is 9.74. The molecular weight excluding hydrogens is 226 g/mol. The van der Waals surface area contributed by atoms with Crippen molar-refractivity contribution in [2.75, 3.05) is 32.9 Å². The van der Waals surface area contributed by atoms with E-state index in [1.54, 1.807) is 0 Å². The number of rotatable bonds is 9. The van der Waals surface area contributed by atoms with Crippen LogP contribution in [0.4, 0.5) is 0 Å². The third-order valence-electron chi connectivity index (χ3n) is 4.44. The van der Waals surface area contributed by atoms with Crippen LogP contribution in [0.25, 0.3) is 0 Å². The largest absolute Gasteiger partial charge is 0.396 e. The van der Waals surface area contributed by atoms with E-state index in [9.17, 15) is 5.11 Å². The van der Waals surface area contributed by atoms with Crippen molar-refractivity contribution in [2.24, 2.45) is 11.3 Å². The summed E-state index contributed by atoms with van der Waals surface area (Å²) in [5.74, 6) is 0.873. The van der Waals surface area contributed by atoms with Gasteiger partial charge in [-0.2, -0.15) is 0 Å². The molecule has 2 saturated carbocycles. The van der Waals surface area contributed by atoms with E-state index < -0.39 is 0 Å². The molecular formula is C15H29NO2. The van der Waals surface area contributed by atoms with E-state index in [4.69, 9.17) is 4.74 Å². The van der Waals surface area contributed by atoms with Crippen LogP contribution in [0.15, 0.2) is 0 Å². The predicted octanol–water partition coefficient (Wildman–Crippen LogP) is 2.34. The first-order valence-corrected chi connectivity index (χ1v) is 7.74. The second-order valence-electron chi connectivity index (χ2n) is 6.27. The molecule has 106 valence electrons. The molecule has 0 heterocycles. The van der Waals surface area contributed by atoms with Crippen molar-refractivity contribution in [1.82, 2.24) is 5.32 Å². The van der Waals surface area contributed by atoms with Gasteiger partial charge in [-0.3, -0.25) is 0 Å². The smallest absolute Gasteiger partial charge is 0.0499 e. The third kappa shape index (κ3) is 4.87. The molecule has 0 aliphatic heterocycles. The minimum atomic E-state index is 0.174. The highest BCUT2D eigenvalue weighted by Gasteiger charge is 2.30. The fraction of sp³-hybridized carbons (Fsp3) is 1.00. The molecule has 2 fully saturated rings. The number of aliphatic hydroxyl groups excluding tert-OH is 1. The zero-order valence-corrected chi connectivity index (χ0v) is 11.6. The summed E-state index contributed by atoms with van der Waals surface area (Å²) in [6.45, 7) is 4.20. The fourth-order valence-corrected chi connectivity index (χ4v) is 2.88. The minimum absolute atomic E-state index is 0.174. The molecule has 0 spiro atoms. The van der Waals surface area contributed by atoms with Crippen LogP contribution in [0, 0.1) is 11.3 Å². The van der Waals surface area contributed by atoms with Crippen molar-refractivity contribution >= 4 is 0 Å². The van der Waals surface area contributed by atoms with Gasteiger partial charge in [-0.25, -0.2) is 0 Å². The SMILES string of the molecule is OCC1(CNCCCOCC2CC2)CCCCC1. The van der Waals surface area contributed by atoms with Crippen LogP contribution in [0.1, 0.15) is 51.4 Å². The Balaban J connectivity index is 1.47. The molecule has 0 atom stereocenters. The Morgan fingerprint density at radius 3 is 2.61 bits per heavy atom. The van der Waals surface area contributed by atoms with Crippen LogP contribution in [0.2, 0.25) is 0 Å². The normalized spacial score (nSPS) is 23.2. The maximum atomic E-state index is 9.59. The van der Waals surface area contributed by atoms with Crippen molar-refractivity contribution in [3.8, 4) is 0 Å². The zero-order valence-electron chi connectivity index (χ0n) is 11.6. The van der Waals surface area contributed by atoms with E-state index in [1.165, 1.54) is 44.9 Å². The molecule has 0 saturated heterocycles. The lowest BCUT2D eigenvalue weighted by Gasteiger charge is -2.35. The van der Waals surface area contributed by atoms with Crippen molar-refractivity contribution < 1.29 is 9.84 Å². The van der Waals surface area contributed by atoms with Gasteiger partial charge in [0.15, 0.2) is 0 Å². The van der Waals surface area contributed by atoms with E-state index in [-0.39, 0.29) is 5.41 Å². The topological polar surface area (TPSA) is 41.5 Å². The van der Waals surface area contributed by atoms with Gasteiger partial charge in [-0.15, -0.1) is 0 Å². The number of aliphatic hydroxyl groups is 1. The Bertz CT molecular complexity index is 223. The number of hydrogen-bond acceptors (Lipinski definition) is 3. The van der Waals surface area contributed by atoms with Gasteiger partial charge in [0, 0.05) is 31.8 Å². The van der Waals surface area contributed by atoms with Crippen LogP contribution in [0.5, 0.6) is 0 Å². The second kappa shape index (κ2) is 7.46. The van der Waals surface area contributed by atoms with Crippen LogP contribution < -0.4 is 5.32 Å². The molecule has 0 aromatic carbocycles. The fourth-order valence-electron chi connectivity index (χ4n) is 2.88. The highest BCUT2D eigenvalue weighted by Crippen LogP contribution is 2.35. The maximum absolute atomic E-state index is 9.59. The number of nitrogens with one attached hydrogen (secondary N) is 1. The highest BCUT2D eigenvalue weighted by molar-refractivity contribution is 4.84. The van der Waals surface area contributed by atoms with Crippen LogP contribution >= 0.6 is 0 Å². The van der Waals surface area contributed by atoms with Gasteiger partial charge in [0.2, 0.25) is 0 Å². The lowest BCUT2D eigenvalue weighted by Crippen LogP contribution is -2.39. The van der Waals surface area contributed by atoms with Gasteiger partial charge < -0.3 is 15.2 Å². The molecule has 3 heteroatoms. The Kier molecular flexibility index (Phi) is 5.93. The molecule has 3 nitrogen and oxygen atoms in total. The van der Waals surface area contributed by atoms with Gasteiger partial charge in [-0.1, -0.05) is 19.3 Å². The summed E-state index contributed by atoms with van der Waals surface area (Å²) in [5, 5.41) is 13.1. The Morgan fingerprint density at radius 1 is 1.17 bits per heavy atom. The van der Waals surface area contributed by atoms with Crippen molar-refractivity contribution in [2.45, 2.75) is 51.4 Å². The molecule has 0 radical (unpaired) electrons. The third-order valence-corrected chi connectivity index (χ3v) is 4.44. The van der Waals surface area contributed by atoms with Crippen molar-refractivity contribution in [3.05, 3.63) is 0 Å². The van der Waals surface area contributed by atoms with Gasteiger partial charge in [0.1, 0.15) is 0 Å². The summed E-state index contributed by atoms with van der Waals surface area (Å²) in [6.07, 6.45) is 10.1. The van der Waals surface area contributed by atoms with Crippen molar-refractivity contribution in [3.63, 3.8) is 0 Å². The first-order valence-electron chi connectivity index (χ1n) is 7.74. The van der Waals surface area contributed by atoms with E-state index >= 15 is 0 Å². The number of hydrogen-bond donors (Lipinski definition) is 2. The molecule has 0 unspecified atom stereocenters. The van der Waals surface area contributed by atoms with Gasteiger partial charge >= 0.3 is 0 Å². The average molecular weight is 255 g/mol. The molecule has 0 amide bonds. The molecule has 18 heavy (non-hydrogen) atoms. The minimum Gasteiger partial charge on any atom is -0.396 e. The lowest BCUT2D eigenvalue weighted by molar-refractivity contribution is 0.0794. The molecule has 0 aromatic rings. The second-order valence-corrected chi connectivity index (χ2v) is 6.27. The summed E-state index contributed by atoms with van der Waals surface area (Å²) in [6, 6.07) is 0. The molecule has 2 rings (SSSR count). The zero-order chi connectivity index (χ0) is 12.7. The molecule has 0 bridgehead atoms. The van der Waals surface area contributed by atoms with E-state index in [0.717, 1.165) is 38.6 Å². The maximum Gasteiger partial charge on any atom is 0.0499 e. The van der Waals surface area contributed by atoms with E-state index in [0.29, 0.717) is 6.61 Å². The molecule has 2 aliphatic carbocycles. The number of ether oxygens (including phenoxy) is 1. The standard InChI is InChI=1S/C15H29NO2/c17-13-15(7-2-1-3-8-15)12-16-9-4-10-18-11-14-5-6-14/h14,16-17H,1-13H2. The first-order chi connectivity index (χ1) is 8.85. The van der Waals surface area contributed by atoms with Gasteiger partial charge in [-0.05, 0) is 44.6 Å². The van der Waals surface area contributed by atoms with Crippen LogP contribution in [0.3, 0.4) is 0 Å². The molecule has 2 N–H and O–H groups in total. The Labute approximate surface area is 111 Å².